The van der Waals surface area contributed by atoms with Crippen LogP contribution in [-0.4, -0.2) is 23.2 Å². The summed E-state index contributed by atoms with van der Waals surface area (Å²) < 4.78 is 4.40. The minimum Gasteiger partial charge on any atom is -0.506 e. The molecule has 0 saturated heterocycles. The van der Waals surface area contributed by atoms with E-state index < -0.39 is 5.97 Å². The number of aromatic hydroxyl groups is 1. The molecule has 0 amide bonds. The van der Waals surface area contributed by atoms with E-state index in [0.717, 1.165) is 0 Å². The highest BCUT2D eigenvalue weighted by Gasteiger charge is 2.04. The zero-order valence-corrected chi connectivity index (χ0v) is 7.36. The van der Waals surface area contributed by atoms with E-state index in [9.17, 15) is 4.79 Å². The van der Waals surface area contributed by atoms with Gasteiger partial charge in [-0.05, 0) is 6.07 Å². The SMILES string of the molecule is C=C.COC(=O)c1cncc(O)c1. The Hall–Kier alpha value is -1.84. The number of carbonyl (C=O) groups is 1. The Balaban J connectivity index is 0.000000671. The van der Waals surface area contributed by atoms with Crippen LogP contribution < -0.4 is 0 Å². The van der Waals surface area contributed by atoms with E-state index >= 15 is 0 Å². The topological polar surface area (TPSA) is 59.4 Å². The highest BCUT2D eigenvalue weighted by Crippen LogP contribution is 2.08. The summed E-state index contributed by atoms with van der Waals surface area (Å²) in [6, 6.07) is 1.29. The highest BCUT2D eigenvalue weighted by molar-refractivity contribution is 5.89. The summed E-state index contributed by atoms with van der Waals surface area (Å²) in [6.45, 7) is 6.00. The van der Waals surface area contributed by atoms with Crippen molar-refractivity contribution < 1.29 is 14.6 Å². The molecule has 0 aromatic carbocycles. The molecular formula is C9H11NO3. The van der Waals surface area contributed by atoms with Gasteiger partial charge < -0.3 is 9.84 Å². The Morgan fingerprint density at radius 1 is 1.54 bits per heavy atom. The Labute approximate surface area is 76.5 Å². The normalized spacial score (nSPS) is 8.08. The lowest BCUT2D eigenvalue weighted by atomic mass is 10.3. The van der Waals surface area contributed by atoms with Gasteiger partial charge in [0.2, 0.25) is 0 Å². The first kappa shape index (κ1) is 11.2. The number of ether oxygens (including phenoxy) is 1. The molecule has 0 spiro atoms. The van der Waals surface area contributed by atoms with Gasteiger partial charge in [0.25, 0.3) is 0 Å². The van der Waals surface area contributed by atoms with Crippen molar-refractivity contribution in [3.05, 3.63) is 37.2 Å². The molecular weight excluding hydrogens is 170 g/mol. The largest absolute Gasteiger partial charge is 0.506 e. The molecule has 0 aliphatic rings. The minimum atomic E-state index is -0.506. The third-order valence-corrected chi connectivity index (χ3v) is 1.14. The van der Waals surface area contributed by atoms with Crippen molar-refractivity contribution in [2.45, 2.75) is 0 Å². The molecule has 0 bridgehead atoms. The van der Waals surface area contributed by atoms with Crippen LogP contribution in [0.3, 0.4) is 0 Å². The third-order valence-electron chi connectivity index (χ3n) is 1.14. The van der Waals surface area contributed by atoms with Crippen molar-refractivity contribution in [2.24, 2.45) is 0 Å². The smallest absolute Gasteiger partial charge is 0.339 e. The van der Waals surface area contributed by atoms with Crippen molar-refractivity contribution >= 4 is 5.97 Å². The maximum atomic E-state index is 10.8. The van der Waals surface area contributed by atoms with Gasteiger partial charge in [-0.15, -0.1) is 13.2 Å². The Morgan fingerprint density at radius 2 is 2.15 bits per heavy atom. The van der Waals surface area contributed by atoms with Gasteiger partial charge >= 0.3 is 5.97 Å². The number of esters is 1. The van der Waals surface area contributed by atoms with Gasteiger partial charge in [-0.1, -0.05) is 0 Å². The van der Waals surface area contributed by atoms with Crippen molar-refractivity contribution in [1.29, 1.82) is 0 Å². The first-order chi connectivity index (χ1) is 6.24. The van der Waals surface area contributed by atoms with E-state index in [4.69, 9.17) is 5.11 Å². The highest BCUT2D eigenvalue weighted by atomic mass is 16.5. The number of hydrogen-bond acceptors (Lipinski definition) is 4. The zero-order chi connectivity index (χ0) is 10.3. The monoisotopic (exact) mass is 181 g/mol. The van der Waals surface area contributed by atoms with Gasteiger partial charge in [0.05, 0.1) is 18.9 Å². The summed E-state index contributed by atoms with van der Waals surface area (Å²) in [5.41, 5.74) is 0.243. The summed E-state index contributed by atoms with van der Waals surface area (Å²) in [5.74, 6) is -0.554. The second-order valence-corrected chi connectivity index (χ2v) is 1.92. The second-order valence-electron chi connectivity index (χ2n) is 1.92. The summed E-state index contributed by atoms with van der Waals surface area (Å²) in [7, 11) is 1.27. The number of methoxy groups -OCH3 is 1. The number of nitrogens with zero attached hydrogens (tertiary/aromatic N) is 1. The fourth-order valence-corrected chi connectivity index (χ4v) is 0.657. The lowest BCUT2D eigenvalue weighted by Gasteiger charge is -1.97. The van der Waals surface area contributed by atoms with Crippen molar-refractivity contribution in [3.8, 4) is 5.75 Å². The molecule has 0 unspecified atom stereocenters. The summed E-state index contributed by atoms with van der Waals surface area (Å²) >= 11 is 0. The Bertz CT molecular complexity index is 286. The van der Waals surface area contributed by atoms with E-state index in [-0.39, 0.29) is 11.3 Å². The van der Waals surface area contributed by atoms with Crippen LogP contribution in [-0.2, 0) is 4.74 Å². The standard InChI is InChI=1S/C7H7NO3.C2H4/c1-11-7(10)5-2-6(9)4-8-3-5;1-2/h2-4,9H,1H3;1-2H2. The average Bonchev–Trinajstić information content (AvgIpc) is 2.20. The van der Waals surface area contributed by atoms with E-state index in [2.05, 4.69) is 22.9 Å². The van der Waals surface area contributed by atoms with Crippen LogP contribution in [0.1, 0.15) is 10.4 Å². The molecule has 70 valence electrons. The molecule has 0 radical (unpaired) electrons. The number of aromatic nitrogens is 1. The first-order valence-electron chi connectivity index (χ1n) is 3.46. The molecule has 4 heteroatoms. The Kier molecular flexibility index (Phi) is 4.95. The molecule has 0 fully saturated rings. The molecule has 4 nitrogen and oxygen atoms in total. The third kappa shape index (κ3) is 3.37. The molecule has 1 aromatic heterocycles. The lowest BCUT2D eigenvalue weighted by molar-refractivity contribution is 0.0600. The van der Waals surface area contributed by atoms with Crippen molar-refractivity contribution in [1.82, 2.24) is 4.98 Å². The lowest BCUT2D eigenvalue weighted by Crippen LogP contribution is -2.00. The van der Waals surface area contributed by atoms with Gasteiger partial charge in [-0.25, -0.2) is 4.79 Å². The van der Waals surface area contributed by atoms with Gasteiger partial charge in [0.1, 0.15) is 5.75 Å². The molecule has 1 heterocycles. The molecule has 13 heavy (non-hydrogen) atoms. The number of carbonyl (C=O) groups excluding carboxylic acids is 1. The van der Waals surface area contributed by atoms with Crippen LogP contribution in [0.2, 0.25) is 0 Å². The summed E-state index contributed by atoms with van der Waals surface area (Å²) in [5, 5.41) is 8.89. The first-order valence-corrected chi connectivity index (χ1v) is 3.46. The molecule has 0 aliphatic heterocycles. The minimum absolute atomic E-state index is 0.0482. The van der Waals surface area contributed by atoms with Gasteiger partial charge in [0.15, 0.2) is 0 Å². The van der Waals surface area contributed by atoms with E-state index in [1.165, 1.54) is 25.6 Å². The van der Waals surface area contributed by atoms with Gasteiger partial charge in [-0.3, -0.25) is 4.98 Å². The fourth-order valence-electron chi connectivity index (χ4n) is 0.657. The molecule has 0 saturated carbocycles. The summed E-state index contributed by atoms with van der Waals surface area (Å²) in [4.78, 5) is 14.4. The van der Waals surface area contributed by atoms with Crippen LogP contribution in [0.5, 0.6) is 5.75 Å². The number of hydrogen-bond donors (Lipinski definition) is 1. The molecule has 0 aliphatic carbocycles. The average molecular weight is 181 g/mol. The van der Waals surface area contributed by atoms with Crippen LogP contribution in [0.15, 0.2) is 31.6 Å². The van der Waals surface area contributed by atoms with E-state index in [0.29, 0.717) is 0 Å². The van der Waals surface area contributed by atoms with E-state index in [1.54, 1.807) is 0 Å². The van der Waals surface area contributed by atoms with Crippen LogP contribution in [0.25, 0.3) is 0 Å². The predicted molar refractivity (Wildman–Crippen MR) is 48.5 cm³/mol. The molecule has 1 aromatic rings. The van der Waals surface area contributed by atoms with E-state index in [1.807, 2.05) is 0 Å². The fraction of sp³-hybridized carbons (Fsp3) is 0.111. The van der Waals surface area contributed by atoms with Crippen LogP contribution in [0, 0.1) is 0 Å². The van der Waals surface area contributed by atoms with Crippen LogP contribution in [0.4, 0.5) is 0 Å². The van der Waals surface area contributed by atoms with Crippen LogP contribution >= 0.6 is 0 Å². The zero-order valence-electron chi connectivity index (χ0n) is 7.36. The second kappa shape index (κ2) is 5.77. The number of pyridine rings is 1. The molecule has 1 N–H and O–H groups in total. The van der Waals surface area contributed by atoms with Crippen molar-refractivity contribution in [3.63, 3.8) is 0 Å². The van der Waals surface area contributed by atoms with Gasteiger partial charge in [-0.2, -0.15) is 0 Å². The quantitative estimate of drug-likeness (QED) is 0.525. The number of rotatable bonds is 1. The molecule has 1 rings (SSSR count). The van der Waals surface area contributed by atoms with Gasteiger partial charge in [0, 0.05) is 6.20 Å². The molecule has 0 atom stereocenters. The summed E-state index contributed by atoms with van der Waals surface area (Å²) in [6.07, 6.45) is 2.57. The Morgan fingerprint density at radius 3 is 2.62 bits per heavy atom. The predicted octanol–water partition coefficient (Wildman–Crippen LogP) is 1.38. The maximum absolute atomic E-state index is 10.8. The maximum Gasteiger partial charge on any atom is 0.339 e. The van der Waals surface area contributed by atoms with Crippen molar-refractivity contribution in [2.75, 3.05) is 7.11 Å².